The molecule has 2 aliphatic rings. The van der Waals surface area contributed by atoms with Crippen molar-refractivity contribution in [1.29, 1.82) is 0 Å². The van der Waals surface area contributed by atoms with Gasteiger partial charge in [0.25, 0.3) is 0 Å². The van der Waals surface area contributed by atoms with Crippen LogP contribution in [0.3, 0.4) is 0 Å². The van der Waals surface area contributed by atoms with Gasteiger partial charge in [-0.2, -0.15) is 0 Å². The minimum Gasteiger partial charge on any atom is -0.323 e. The second-order valence-corrected chi connectivity index (χ2v) is 5.67. The predicted octanol–water partition coefficient (Wildman–Crippen LogP) is 1.63. The van der Waals surface area contributed by atoms with Crippen LogP contribution >= 0.6 is 0 Å². The number of hydrogen-bond donors (Lipinski definition) is 2. The lowest BCUT2D eigenvalue weighted by Gasteiger charge is -2.38. The van der Waals surface area contributed by atoms with Crippen molar-refractivity contribution in [2.24, 2.45) is 5.73 Å². The van der Waals surface area contributed by atoms with Crippen molar-refractivity contribution in [3.8, 4) is 0 Å². The van der Waals surface area contributed by atoms with Gasteiger partial charge >= 0.3 is 0 Å². The van der Waals surface area contributed by atoms with Gasteiger partial charge in [-0.3, -0.25) is 14.5 Å². The molecule has 20 heavy (non-hydrogen) atoms. The molecule has 0 bridgehead atoms. The van der Waals surface area contributed by atoms with Crippen LogP contribution in [0.1, 0.15) is 32.1 Å². The van der Waals surface area contributed by atoms with Gasteiger partial charge in [-0.1, -0.05) is 31.4 Å². The van der Waals surface area contributed by atoms with Crippen molar-refractivity contribution in [3.05, 3.63) is 24.3 Å². The Morgan fingerprint density at radius 1 is 1.20 bits per heavy atom. The molecule has 3 rings (SSSR count). The number of nitrogens with one attached hydrogen (secondary N) is 1. The molecule has 106 valence electrons. The van der Waals surface area contributed by atoms with Crippen LogP contribution in [0.4, 0.5) is 11.4 Å². The SMILES string of the molecule is NC1(C(=O)N2CC(=O)Nc3ccccc32)CCCCC1. The molecule has 5 nitrogen and oxygen atoms in total. The van der Waals surface area contributed by atoms with E-state index < -0.39 is 5.54 Å². The van der Waals surface area contributed by atoms with Crippen molar-refractivity contribution in [3.63, 3.8) is 0 Å². The van der Waals surface area contributed by atoms with Gasteiger partial charge in [-0.05, 0) is 25.0 Å². The minimum absolute atomic E-state index is 0.0504. The summed E-state index contributed by atoms with van der Waals surface area (Å²) in [6.07, 6.45) is 4.48. The normalized spacial score (nSPS) is 21.1. The quantitative estimate of drug-likeness (QED) is 0.816. The van der Waals surface area contributed by atoms with Gasteiger partial charge in [-0.25, -0.2) is 0 Å². The molecule has 0 spiro atoms. The highest BCUT2D eigenvalue weighted by Gasteiger charge is 2.41. The molecule has 0 radical (unpaired) electrons. The molecule has 3 N–H and O–H groups in total. The largest absolute Gasteiger partial charge is 0.323 e. The Labute approximate surface area is 118 Å². The maximum atomic E-state index is 12.8. The predicted molar refractivity (Wildman–Crippen MR) is 77.4 cm³/mol. The molecule has 2 amide bonds. The summed E-state index contributed by atoms with van der Waals surface area (Å²) in [6.45, 7) is 0.0504. The van der Waals surface area contributed by atoms with E-state index in [-0.39, 0.29) is 18.4 Å². The highest BCUT2D eigenvalue weighted by molar-refractivity contribution is 6.12. The average molecular weight is 273 g/mol. The van der Waals surface area contributed by atoms with E-state index in [1.807, 2.05) is 18.2 Å². The standard InChI is InChI=1S/C15H19N3O2/c16-15(8-4-1-5-9-15)14(20)18-10-13(19)17-11-6-2-3-7-12(11)18/h2-3,6-7H,1,4-5,8-10,16H2,(H,17,19). The van der Waals surface area contributed by atoms with Crippen LogP contribution in [0.5, 0.6) is 0 Å². The number of nitrogens with two attached hydrogens (primary N) is 1. The summed E-state index contributed by atoms with van der Waals surface area (Å²) in [5.74, 6) is -0.295. The zero-order valence-electron chi connectivity index (χ0n) is 11.4. The third-order valence-corrected chi connectivity index (χ3v) is 4.19. The summed E-state index contributed by atoms with van der Waals surface area (Å²) < 4.78 is 0. The molecule has 0 aromatic heterocycles. The summed E-state index contributed by atoms with van der Waals surface area (Å²) >= 11 is 0. The van der Waals surface area contributed by atoms with Gasteiger partial charge in [0.15, 0.2) is 0 Å². The fourth-order valence-electron chi connectivity index (χ4n) is 3.08. The first kappa shape index (κ1) is 13.1. The summed E-state index contributed by atoms with van der Waals surface area (Å²) in [6, 6.07) is 7.35. The number of anilines is 2. The number of fused-ring (bicyclic) bond motifs is 1. The van der Waals surface area contributed by atoms with Crippen LogP contribution in [0, 0.1) is 0 Å². The second-order valence-electron chi connectivity index (χ2n) is 5.67. The number of rotatable bonds is 1. The van der Waals surface area contributed by atoms with E-state index in [1.54, 1.807) is 11.0 Å². The van der Waals surface area contributed by atoms with Crippen molar-refractivity contribution in [2.45, 2.75) is 37.6 Å². The van der Waals surface area contributed by atoms with Gasteiger partial charge in [0.05, 0.1) is 16.9 Å². The third kappa shape index (κ3) is 2.18. The van der Waals surface area contributed by atoms with E-state index in [0.29, 0.717) is 18.5 Å². The molecule has 1 saturated carbocycles. The molecular weight excluding hydrogens is 254 g/mol. The minimum atomic E-state index is -0.816. The molecular formula is C15H19N3O2. The number of carbonyl (C=O) groups is 2. The Kier molecular flexibility index (Phi) is 3.22. The van der Waals surface area contributed by atoms with Gasteiger partial charge in [-0.15, -0.1) is 0 Å². The zero-order valence-corrected chi connectivity index (χ0v) is 11.4. The van der Waals surface area contributed by atoms with Gasteiger partial charge in [0.1, 0.15) is 6.54 Å². The molecule has 1 fully saturated rings. The zero-order chi connectivity index (χ0) is 14.2. The first-order chi connectivity index (χ1) is 9.60. The van der Waals surface area contributed by atoms with E-state index in [4.69, 9.17) is 5.73 Å². The van der Waals surface area contributed by atoms with Crippen LogP contribution in [0.25, 0.3) is 0 Å². The second kappa shape index (κ2) is 4.90. The first-order valence-corrected chi connectivity index (χ1v) is 7.10. The number of nitrogens with zero attached hydrogens (tertiary/aromatic N) is 1. The van der Waals surface area contributed by atoms with E-state index in [0.717, 1.165) is 24.9 Å². The molecule has 0 saturated heterocycles. The summed E-state index contributed by atoms with van der Waals surface area (Å²) in [7, 11) is 0. The lowest BCUT2D eigenvalue weighted by Crippen LogP contribution is -2.58. The first-order valence-electron chi connectivity index (χ1n) is 7.10. The average Bonchev–Trinajstić information content (AvgIpc) is 2.46. The van der Waals surface area contributed by atoms with E-state index >= 15 is 0 Å². The third-order valence-electron chi connectivity index (χ3n) is 4.19. The molecule has 1 aromatic carbocycles. The molecule has 5 heteroatoms. The van der Waals surface area contributed by atoms with Crippen molar-refractivity contribution in [1.82, 2.24) is 0 Å². The molecule has 1 aromatic rings. The van der Waals surface area contributed by atoms with Crippen molar-refractivity contribution in [2.75, 3.05) is 16.8 Å². The Bertz CT molecular complexity index is 550. The topological polar surface area (TPSA) is 75.4 Å². The summed E-state index contributed by atoms with van der Waals surface area (Å²) in [5.41, 5.74) is 6.92. The van der Waals surface area contributed by atoms with Crippen molar-refractivity contribution < 1.29 is 9.59 Å². The molecule has 0 unspecified atom stereocenters. The Balaban J connectivity index is 1.93. The number of amides is 2. The van der Waals surface area contributed by atoms with Crippen LogP contribution < -0.4 is 16.0 Å². The van der Waals surface area contributed by atoms with E-state index in [1.165, 1.54) is 0 Å². The lowest BCUT2D eigenvalue weighted by molar-refractivity contribution is -0.126. The van der Waals surface area contributed by atoms with Crippen LogP contribution in [-0.2, 0) is 9.59 Å². The number of para-hydroxylation sites is 2. The monoisotopic (exact) mass is 273 g/mol. The van der Waals surface area contributed by atoms with Crippen LogP contribution in [0.15, 0.2) is 24.3 Å². The van der Waals surface area contributed by atoms with Gasteiger partial charge in [0, 0.05) is 0 Å². The molecule has 1 aliphatic carbocycles. The maximum Gasteiger partial charge on any atom is 0.247 e. The Morgan fingerprint density at radius 3 is 2.65 bits per heavy atom. The maximum absolute atomic E-state index is 12.8. The summed E-state index contributed by atoms with van der Waals surface area (Å²) in [4.78, 5) is 26.1. The van der Waals surface area contributed by atoms with Crippen LogP contribution in [-0.4, -0.2) is 23.9 Å². The fraction of sp³-hybridized carbons (Fsp3) is 0.467. The van der Waals surface area contributed by atoms with Gasteiger partial charge < -0.3 is 11.1 Å². The molecule has 0 atom stereocenters. The van der Waals surface area contributed by atoms with E-state index in [9.17, 15) is 9.59 Å². The number of carbonyl (C=O) groups excluding carboxylic acids is 2. The van der Waals surface area contributed by atoms with Crippen molar-refractivity contribution >= 4 is 23.2 Å². The molecule has 1 heterocycles. The number of benzene rings is 1. The highest BCUT2D eigenvalue weighted by atomic mass is 16.2. The smallest absolute Gasteiger partial charge is 0.247 e. The number of hydrogen-bond acceptors (Lipinski definition) is 3. The van der Waals surface area contributed by atoms with Crippen LogP contribution in [0.2, 0.25) is 0 Å². The van der Waals surface area contributed by atoms with E-state index in [2.05, 4.69) is 5.32 Å². The fourth-order valence-corrected chi connectivity index (χ4v) is 3.08. The van der Waals surface area contributed by atoms with Gasteiger partial charge in [0.2, 0.25) is 11.8 Å². The Hall–Kier alpha value is -1.88. The lowest BCUT2D eigenvalue weighted by atomic mass is 9.81. The molecule has 1 aliphatic heterocycles. The highest BCUT2D eigenvalue weighted by Crippen LogP contribution is 2.34. The summed E-state index contributed by atoms with van der Waals surface area (Å²) in [5, 5.41) is 2.79. The Morgan fingerprint density at radius 2 is 1.90 bits per heavy atom.